The number of hydrogen-bond donors (Lipinski definition) is 0. The molecule has 0 bridgehead atoms. The number of rotatable bonds is 3. The maximum atomic E-state index is 11.6. The molecule has 92 valence electrons. The van der Waals surface area contributed by atoms with Gasteiger partial charge >= 0.3 is 0 Å². The van der Waals surface area contributed by atoms with E-state index in [-0.39, 0.29) is 5.78 Å². The second-order valence-corrected chi connectivity index (χ2v) is 4.96. The molecular formula is C13H17ClN2O. The zero-order valence-electron chi connectivity index (χ0n) is 10.2. The first-order valence-corrected chi connectivity index (χ1v) is 6.42. The van der Waals surface area contributed by atoms with Crippen molar-refractivity contribution in [3.8, 4) is 0 Å². The zero-order chi connectivity index (χ0) is 12.4. The number of ketones is 1. The Labute approximate surface area is 107 Å². The molecule has 1 saturated heterocycles. The summed E-state index contributed by atoms with van der Waals surface area (Å²) in [7, 11) is 0. The average Bonchev–Trinajstić information content (AvgIpc) is 2.76. The summed E-state index contributed by atoms with van der Waals surface area (Å²) in [6.45, 7) is 5.71. The summed E-state index contributed by atoms with van der Waals surface area (Å²) in [6.07, 6.45) is 2.34. The molecule has 1 aliphatic rings. The smallest absolute Gasteiger partial charge is 0.163 e. The Morgan fingerprint density at radius 3 is 2.94 bits per heavy atom. The van der Waals surface area contributed by atoms with Gasteiger partial charge in [0.1, 0.15) is 11.0 Å². The van der Waals surface area contributed by atoms with Crippen LogP contribution < -0.4 is 4.90 Å². The minimum atomic E-state index is 0.0455. The first kappa shape index (κ1) is 12.4. The van der Waals surface area contributed by atoms with E-state index < -0.39 is 0 Å². The summed E-state index contributed by atoms with van der Waals surface area (Å²) in [4.78, 5) is 18.1. The standard InChI is InChI=1S/C13H17ClN2O/c1-3-10-6-7-16(8-10)13-11(9(2)17)4-5-12(14)15-13/h4-5,10H,3,6-8H2,1-2H3/t10-/m1/s1. The number of pyridine rings is 1. The molecular weight excluding hydrogens is 236 g/mol. The van der Waals surface area contributed by atoms with Gasteiger partial charge in [-0.3, -0.25) is 4.79 Å². The third kappa shape index (κ3) is 2.60. The minimum Gasteiger partial charge on any atom is -0.356 e. The third-order valence-corrected chi connectivity index (χ3v) is 3.59. The van der Waals surface area contributed by atoms with Crippen molar-refractivity contribution in [2.24, 2.45) is 5.92 Å². The summed E-state index contributed by atoms with van der Waals surface area (Å²) >= 11 is 5.92. The average molecular weight is 253 g/mol. The van der Waals surface area contributed by atoms with Crippen molar-refractivity contribution in [3.63, 3.8) is 0 Å². The van der Waals surface area contributed by atoms with Crippen molar-refractivity contribution >= 4 is 23.2 Å². The van der Waals surface area contributed by atoms with E-state index in [1.54, 1.807) is 19.1 Å². The molecule has 1 aromatic heterocycles. The number of aromatic nitrogens is 1. The molecule has 2 rings (SSSR count). The van der Waals surface area contributed by atoms with Gasteiger partial charge in [-0.15, -0.1) is 0 Å². The van der Waals surface area contributed by atoms with Crippen LogP contribution in [0.25, 0.3) is 0 Å². The van der Waals surface area contributed by atoms with Crippen LogP contribution in [0, 0.1) is 5.92 Å². The highest BCUT2D eigenvalue weighted by molar-refractivity contribution is 6.29. The monoisotopic (exact) mass is 252 g/mol. The van der Waals surface area contributed by atoms with Gasteiger partial charge in [-0.25, -0.2) is 4.98 Å². The molecule has 2 heterocycles. The van der Waals surface area contributed by atoms with E-state index >= 15 is 0 Å². The molecule has 0 unspecified atom stereocenters. The van der Waals surface area contributed by atoms with E-state index in [1.165, 1.54) is 12.8 Å². The molecule has 1 atom stereocenters. The number of hydrogen-bond acceptors (Lipinski definition) is 3. The lowest BCUT2D eigenvalue weighted by atomic mass is 10.1. The van der Waals surface area contributed by atoms with Crippen LogP contribution in [0.5, 0.6) is 0 Å². The van der Waals surface area contributed by atoms with Crippen LogP contribution in [0.4, 0.5) is 5.82 Å². The summed E-state index contributed by atoms with van der Waals surface area (Å²) in [6, 6.07) is 3.45. The summed E-state index contributed by atoms with van der Waals surface area (Å²) in [5, 5.41) is 0.449. The molecule has 0 aromatic carbocycles. The lowest BCUT2D eigenvalue weighted by Gasteiger charge is -2.19. The Hall–Kier alpha value is -1.09. The SMILES string of the molecule is CC[C@@H]1CCN(c2nc(Cl)ccc2C(C)=O)C1. The van der Waals surface area contributed by atoms with Gasteiger partial charge < -0.3 is 4.90 Å². The molecule has 0 N–H and O–H groups in total. The molecule has 1 aliphatic heterocycles. The van der Waals surface area contributed by atoms with Crippen molar-refractivity contribution < 1.29 is 4.79 Å². The molecule has 0 saturated carbocycles. The summed E-state index contributed by atoms with van der Waals surface area (Å²) in [5.41, 5.74) is 0.672. The van der Waals surface area contributed by atoms with Crippen LogP contribution >= 0.6 is 11.6 Å². The Bertz CT molecular complexity index is 433. The van der Waals surface area contributed by atoms with Gasteiger partial charge in [-0.1, -0.05) is 24.9 Å². The fraction of sp³-hybridized carbons (Fsp3) is 0.538. The van der Waals surface area contributed by atoms with Gasteiger partial charge in [0, 0.05) is 13.1 Å². The van der Waals surface area contributed by atoms with Gasteiger partial charge in [0.05, 0.1) is 5.56 Å². The number of anilines is 1. The molecule has 0 aliphatic carbocycles. The van der Waals surface area contributed by atoms with Crippen molar-refractivity contribution in [2.75, 3.05) is 18.0 Å². The van der Waals surface area contributed by atoms with Gasteiger partial charge in [0.25, 0.3) is 0 Å². The Morgan fingerprint density at radius 1 is 1.59 bits per heavy atom. The van der Waals surface area contributed by atoms with Gasteiger partial charge in [0.15, 0.2) is 5.78 Å². The largest absolute Gasteiger partial charge is 0.356 e. The van der Waals surface area contributed by atoms with Crippen LogP contribution in [-0.2, 0) is 0 Å². The Balaban J connectivity index is 2.31. The maximum Gasteiger partial charge on any atom is 0.163 e. The van der Waals surface area contributed by atoms with Crippen molar-refractivity contribution in [2.45, 2.75) is 26.7 Å². The quantitative estimate of drug-likeness (QED) is 0.612. The molecule has 17 heavy (non-hydrogen) atoms. The van der Waals surface area contributed by atoms with Crippen LogP contribution in [0.1, 0.15) is 37.0 Å². The minimum absolute atomic E-state index is 0.0455. The highest BCUT2D eigenvalue weighted by Gasteiger charge is 2.25. The normalized spacial score (nSPS) is 19.7. The van der Waals surface area contributed by atoms with Crippen LogP contribution in [0.3, 0.4) is 0 Å². The first-order chi connectivity index (χ1) is 8.11. The number of halogens is 1. The number of carbonyl (C=O) groups excluding carboxylic acids is 1. The van der Waals surface area contributed by atoms with E-state index in [4.69, 9.17) is 11.6 Å². The Morgan fingerprint density at radius 2 is 2.35 bits per heavy atom. The molecule has 0 spiro atoms. The second-order valence-electron chi connectivity index (χ2n) is 4.57. The highest BCUT2D eigenvalue weighted by Crippen LogP contribution is 2.28. The highest BCUT2D eigenvalue weighted by atomic mass is 35.5. The molecule has 0 amide bonds. The third-order valence-electron chi connectivity index (χ3n) is 3.38. The number of nitrogens with zero attached hydrogens (tertiary/aromatic N) is 2. The van der Waals surface area contributed by atoms with Crippen molar-refractivity contribution in [1.82, 2.24) is 4.98 Å². The summed E-state index contributed by atoms with van der Waals surface area (Å²) < 4.78 is 0. The molecule has 0 radical (unpaired) electrons. The Kier molecular flexibility index (Phi) is 3.67. The van der Waals surface area contributed by atoms with Crippen LogP contribution in [-0.4, -0.2) is 23.9 Å². The number of carbonyl (C=O) groups is 1. The van der Waals surface area contributed by atoms with E-state index in [9.17, 15) is 4.79 Å². The van der Waals surface area contributed by atoms with E-state index in [0.717, 1.165) is 18.9 Å². The fourth-order valence-electron chi connectivity index (χ4n) is 2.30. The summed E-state index contributed by atoms with van der Waals surface area (Å²) in [5.74, 6) is 1.50. The lowest BCUT2D eigenvalue weighted by Crippen LogP contribution is -2.23. The maximum absolute atomic E-state index is 11.6. The predicted molar refractivity (Wildman–Crippen MR) is 69.9 cm³/mol. The van der Waals surface area contributed by atoms with Gasteiger partial charge in [-0.2, -0.15) is 0 Å². The van der Waals surface area contributed by atoms with Crippen LogP contribution in [0.15, 0.2) is 12.1 Å². The molecule has 1 fully saturated rings. The van der Waals surface area contributed by atoms with Gasteiger partial charge in [0.2, 0.25) is 0 Å². The predicted octanol–water partition coefficient (Wildman–Crippen LogP) is 3.17. The first-order valence-electron chi connectivity index (χ1n) is 6.04. The van der Waals surface area contributed by atoms with Crippen LogP contribution in [0.2, 0.25) is 5.15 Å². The zero-order valence-corrected chi connectivity index (χ0v) is 11.0. The second kappa shape index (κ2) is 5.05. The molecule has 3 nitrogen and oxygen atoms in total. The van der Waals surface area contributed by atoms with Crippen molar-refractivity contribution in [1.29, 1.82) is 0 Å². The van der Waals surface area contributed by atoms with Crippen molar-refractivity contribution in [3.05, 3.63) is 22.8 Å². The number of Topliss-reactive ketones (excluding diaryl/α,β-unsaturated/α-hetero) is 1. The molecule has 4 heteroatoms. The fourth-order valence-corrected chi connectivity index (χ4v) is 2.44. The molecule has 1 aromatic rings. The van der Waals surface area contributed by atoms with Gasteiger partial charge in [-0.05, 0) is 31.4 Å². The van der Waals surface area contributed by atoms with E-state index in [1.807, 2.05) is 0 Å². The van der Waals surface area contributed by atoms with E-state index in [0.29, 0.717) is 16.6 Å². The lowest BCUT2D eigenvalue weighted by molar-refractivity contribution is 0.101. The van der Waals surface area contributed by atoms with E-state index in [2.05, 4.69) is 16.8 Å². The topological polar surface area (TPSA) is 33.2 Å².